The molecule has 0 saturated carbocycles. The summed E-state index contributed by atoms with van der Waals surface area (Å²) in [5.74, 6) is 0. The fourth-order valence-corrected chi connectivity index (χ4v) is 10.5. The van der Waals surface area contributed by atoms with Crippen molar-refractivity contribution >= 4 is 33.3 Å². The summed E-state index contributed by atoms with van der Waals surface area (Å²) in [6.45, 7) is 1.84. The Balaban J connectivity index is 2.32. The van der Waals surface area contributed by atoms with E-state index < -0.39 is 17.4 Å². The van der Waals surface area contributed by atoms with Crippen molar-refractivity contribution in [1.29, 1.82) is 0 Å². The first-order valence-corrected chi connectivity index (χ1v) is 12.1. The molecule has 3 nitrogen and oxygen atoms in total. The van der Waals surface area contributed by atoms with E-state index in [9.17, 15) is 8.42 Å². The summed E-state index contributed by atoms with van der Waals surface area (Å²) in [4.78, 5) is 0. The molecule has 3 aromatic carbocycles. The normalized spacial score (nSPS) is 12.0. The van der Waals surface area contributed by atoms with Gasteiger partial charge in [0.05, 0.1) is 6.61 Å². The van der Waals surface area contributed by atoms with Crippen LogP contribution in [0.3, 0.4) is 0 Å². The van der Waals surface area contributed by atoms with Gasteiger partial charge < -0.3 is 0 Å². The fourth-order valence-electron chi connectivity index (χ4n) is 3.17. The van der Waals surface area contributed by atoms with Gasteiger partial charge in [-0.3, -0.25) is 4.18 Å². The van der Waals surface area contributed by atoms with Crippen LogP contribution in [0.5, 0.6) is 0 Å². The number of hydrogen-bond acceptors (Lipinski definition) is 3. The molecule has 0 bridgehead atoms. The number of rotatable bonds is 7. The van der Waals surface area contributed by atoms with E-state index in [1.165, 1.54) is 0 Å². The molecule has 0 heterocycles. The Morgan fingerprint density at radius 3 is 1.35 bits per heavy atom. The summed E-state index contributed by atoms with van der Waals surface area (Å²) >= 11 is 0. The maximum absolute atomic E-state index is 12.8. The van der Waals surface area contributed by atoms with Crippen molar-refractivity contribution in [3.63, 3.8) is 0 Å². The van der Waals surface area contributed by atoms with Crippen LogP contribution in [0.25, 0.3) is 0 Å². The third-order valence-corrected chi connectivity index (χ3v) is 11.2. The van der Waals surface area contributed by atoms with Crippen molar-refractivity contribution in [1.82, 2.24) is 0 Å². The van der Waals surface area contributed by atoms with Crippen molar-refractivity contribution in [2.24, 2.45) is 0 Å². The van der Waals surface area contributed by atoms with Gasteiger partial charge in [0.1, 0.15) is 23.2 Å². The van der Waals surface area contributed by atoms with Crippen LogP contribution in [0, 0.1) is 0 Å². The van der Waals surface area contributed by atoms with Gasteiger partial charge in [0.25, 0.3) is 0 Å². The van der Waals surface area contributed by atoms with Gasteiger partial charge in [-0.1, -0.05) is 54.6 Å². The lowest BCUT2D eigenvalue weighted by atomic mass is 10.4. The average molecular weight is 385 g/mol. The lowest BCUT2D eigenvalue weighted by molar-refractivity contribution is 0.341. The van der Waals surface area contributed by atoms with Crippen LogP contribution in [0.4, 0.5) is 0 Å². The summed E-state index contributed by atoms with van der Waals surface area (Å²) in [6.07, 6.45) is 0. The molecule has 0 spiro atoms. The smallest absolute Gasteiger partial charge is 0.268 e. The number of benzene rings is 3. The van der Waals surface area contributed by atoms with Crippen molar-refractivity contribution in [2.45, 2.75) is 6.92 Å². The highest BCUT2D eigenvalue weighted by molar-refractivity contribution is 8.07. The summed E-state index contributed by atoms with van der Waals surface area (Å²) in [5, 5.41) is 3.09. The minimum absolute atomic E-state index is 0.0497. The molecule has 0 fully saturated rings. The van der Waals surface area contributed by atoms with Gasteiger partial charge in [-0.2, -0.15) is 8.42 Å². The predicted molar refractivity (Wildman–Crippen MR) is 111 cm³/mol. The molecule has 0 atom stereocenters. The first-order valence-electron chi connectivity index (χ1n) is 8.50. The van der Waals surface area contributed by atoms with E-state index in [1.54, 1.807) is 6.92 Å². The second kappa shape index (κ2) is 8.13. The van der Waals surface area contributed by atoms with Crippen molar-refractivity contribution in [2.75, 3.05) is 12.1 Å². The Morgan fingerprint density at radius 1 is 0.692 bits per heavy atom. The van der Waals surface area contributed by atoms with Crippen LogP contribution >= 0.6 is 7.26 Å². The zero-order valence-corrected chi connectivity index (χ0v) is 16.4. The van der Waals surface area contributed by atoms with E-state index in [4.69, 9.17) is 4.18 Å². The van der Waals surface area contributed by atoms with Gasteiger partial charge >= 0.3 is 10.1 Å². The largest absolute Gasteiger partial charge is 0.303 e. The minimum Gasteiger partial charge on any atom is -0.268 e. The fraction of sp³-hybridized carbons (Fsp3) is 0.143. The quantitative estimate of drug-likeness (QED) is 0.463. The lowest BCUT2D eigenvalue weighted by Gasteiger charge is -2.26. The van der Waals surface area contributed by atoms with E-state index in [0.29, 0.717) is 0 Å². The Labute approximate surface area is 156 Å². The first-order chi connectivity index (χ1) is 12.6. The summed E-state index contributed by atoms with van der Waals surface area (Å²) < 4.78 is 30.7. The molecule has 0 aliphatic heterocycles. The summed E-state index contributed by atoms with van der Waals surface area (Å²) in [7, 11) is -6.10. The summed E-state index contributed by atoms with van der Waals surface area (Å²) in [5.41, 5.74) is -0.0497. The van der Waals surface area contributed by atoms with E-state index in [-0.39, 0.29) is 12.1 Å². The molecular weight excluding hydrogens is 363 g/mol. The second-order valence-corrected chi connectivity index (χ2v) is 11.5. The van der Waals surface area contributed by atoms with E-state index in [2.05, 4.69) is 0 Å². The van der Waals surface area contributed by atoms with Crippen LogP contribution in [0.2, 0.25) is 0 Å². The molecule has 0 aliphatic rings. The standard InChI is InChI=1S/C21H22O3PS/c1-2-24-26(22,23)18-25(19-12-6-3-7-13-19,20-14-8-4-9-15-20)21-16-10-5-11-17-21/h3-17H,2,18H2,1H3/q+1. The van der Waals surface area contributed by atoms with Gasteiger partial charge in [-0.05, 0) is 43.3 Å². The van der Waals surface area contributed by atoms with Crippen molar-refractivity contribution < 1.29 is 12.6 Å². The predicted octanol–water partition coefficient (Wildman–Crippen LogP) is 3.30. The molecule has 0 aromatic heterocycles. The maximum Gasteiger partial charge on any atom is 0.303 e. The Morgan fingerprint density at radius 2 is 1.04 bits per heavy atom. The van der Waals surface area contributed by atoms with E-state index >= 15 is 0 Å². The second-order valence-electron chi connectivity index (χ2n) is 5.91. The Kier molecular flexibility index (Phi) is 5.87. The lowest BCUT2D eigenvalue weighted by Crippen LogP contribution is -2.36. The highest BCUT2D eigenvalue weighted by Crippen LogP contribution is 2.56. The van der Waals surface area contributed by atoms with Crippen molar-refractivity contribution in [3.8, 4) is 0 Å². The first kappa shape index (κ1) is 18.8. The number of hydrogen-bond donors (Lipinski definition) is 0. The molecular formula is C21H22O3PS+. The molecule has 0 radical (unpaired) electrons. The molecule has 0 unspecified atom stereocenters. The van der Waals surface area contributed by atoms with Crippen LogP contribution in [0.15, 0.2) is 91.0 Å². The van der Waals surface area contributed by atoms with Crippen LogP contribution < -0.4 is 15.9 Å². The zero-order valence-electron chi connectivity index (χ0n) is 14.7. The third-order valence-electron chi connectivity index (χ3n) is 4.24. The van der Waals surface area contributed by atoms with Gasteiger partial charge in [-0.25, -0.2) is 0 Å². The third kappa shape index (κ3) is 3.88. The van der Waals surface area contributed by atoms with E-state index in [0.717, 1.165) is 15.9 Å². The SMILES string of the molecule is CCOS(=O)(=O)C[P+](c1ccccc1)(c1ccccc1)c1ccccc1. The Bertz CT molecular complexity index is 830. The van der Waals surface area contributed by atoms with E-state index in [1.807, 2.05) is 91.0 Å². The minimum atomic E-state index is -3.68. The average Bonchev–Trinajstić information content (AvgIpc) is 2.68. The molecule has 0 amide bonds. The molecule has 26 heavy (non-hydrogen) atoms. The molecule has 0 N–H and O–H groups in total. The molecule has 3 aromatic rings. The zero-order chi connectivity index (χ0) is 18.5. The monoisotopic (exact) mass is 385 g/mol. The van der Waals surface area contributed by atoms with Crippen LogP contribution in [0.1, 0.15) is 6.92 Å². The topological polar surface area (TPSA) is 43.4 Å². The molecule has 0 aliphatic carbocycles. The Hall–Kier alpha value is -2.00. The van der Waals surface area contributed by atoms with Crippen LogP contribution in [-0.4, -0.2) is 20.5 Å². The van der Waals surface area contributed by atoms with Crippen LogP contribution in [-0.2, 0) is 14.3 Å². The van der Waals surface area contributed by atoms with Gasteiger partial charge in [0.15, 0.2) is 5.49 Å². The summed E-state index contributed by atoms with van der Waals surface area (Å²) in [6, 6.07) is 29.8. The van der Waals surface area contributed by atoms with Gasteiger partial charge in [-0.15, -0.1) is 0 Å². The molecule has 0 saturated heterocycles. The highest BCUT2D eigenvalue weighted by Gasteiger charge is 2.49. The maximum atomic E-state index is 12.8. The van der Waals surface area contributed by atoms with Crippen molar-refractivity contribution in [3.05, 3.63) is 91.0 Å². The highest BCUT2D eigenvalue weighted by atomic mass is 32.2. The van der Waals surface area contributed by atoms with Gasteiger partial charge in [0.2, 0.25) is 0 Å². The molecule has 3 rings (SSSR count). The van der Waals surface area contributed by atoms with Gasteiger partial charge in [0, 0.05) is 0 Å². The molecule has 5 heteroatoms. The molecule has 134 valence electrons.